The third-order valence-electron chi connectivity index (χ3n) is 3.15. The van der Waals surface area contributed by atoms with E-state index >= 15 is 0 Å². The van der Waals surface area contributed by atoms with Crippen LogP contribution in [0.2, 0.25) is 4.34 Å². The zero-order valence-corrected chi connectivity index (χ0v) is 13.7. The number of aromatic nitrogens is 2. The molecule has 0 unspecified atom stereocenters. The number of esters is 1. The molecule has 0 amide bonds. The van der Waals surface area contributed by atoms with Crippen LogP contribution in [0.15, 0.2) is 23.7 Å². The summed E-state index contributed by atoms with van der Waals surface area (Å²) in [4.78, 5) is 17.8. The topological polar surface area (TPSA) is 43.6 Å². The number of aryl methyl sites for hydroxylation is 1. The van der Waals surface area contributed by atoms with Crippen LogP contribution in [0, 0.1) is 0 Å². The third-order valence-corrected chi connectivity index (χ3v) is 5.29. The number of carbonyl (C=O) groups is 1. The Hall–Kier alpha value is -1.37. The Bertz CT molecular complexity index is 775. The fourth-order valence-corrected chi connectivity index (χ4v) is 4.00. The first-order valence-corrected chi connectivity index (χ1v) is 8.53. The molecule has 110 valence electrons. The van der Waals surface area contributed by atoms with Crippen LogP contribution in [0.5, 0.6) is 0 Å². The predicted molar refractivity (Wildman–Crippen MR) is 86.3 cm³/mol. The standard InChI is InChI=1S/C14H13ClN2O2S2/c1-19-13(18)4-2-3-9-8-20-14-16-10(7-17(9)14)11-5-6-12(15)21-11/h5-8H,2-4H2,1H3. The molecule has 3 heterocycles. The Morgan fingerprint density at radius 2 is 2.33 bits per heavy atom. The minimum atomic E-state index is -0.166. The van der Waals surface area contributed by atoms with Gasteiger partial charge in [0.2, 0.25) is 0 Å². The molecule has 0 aromatic carbocycles. The molecule has 3 aromatic heterocycles. The number of thiazole rings is 1. The largest absolute Gasteiger partial charge is 0.469 e. The molecule has 0 radical (unpaired) electrons. The van der Waals surface area contributed by atoms with Crippen LogP contribution in [0.1, 0.15) is 18.5 Å². The number of carbonyl (C=O) groups excluding carboxylic acids is 1. The maximum atomic E-state index is 11.1. The number of ether oxygens (including phenoxy) is 1. The quantitative estimate of drug-likeness (QED) is 0.651. The van der Waals surface area contributed by atoms with Gasteiger partial charge in [0.05, 0.1) is 16.3 Å². The van der Waals surface area contributed by atoms with Gasteiger partial charge in [0.1, 0.15) is 5.69 Å². The fourth-order valence-electron chi connectivity index (χ4n) is 2.10. The van der Waals surface area contributed by atoms with Gasteiger partial charge in [-0.3, -0.25) is 9.20 Å². The van der Waals surface area contributed by atoms with E-state index in [0.717, 1.165) is 32.7 Å². The summed E-state index contributed by atoms with van der Waals surface area (Å²) in [6.45, 7) is 0. The van der Waals surface area contributed by atoms with E-state index in [4.69, 9.17) is 11.6 Å². The number of imidazole rings is 1. The van der Waals surface area contributed by atoms with Crippen LogP contribution in [-0.2, 0) is 16.0 Å². The maximum absolute atomic E-state index is 11.1. The molecule has 0 spiro atoms. The van der Waals surface area contributed by atoms with Crippen molar-refractivity contribution in [3.05, 3.63) is 33.7 Å². The van der Waals surface area contributed by atoms with E-state index in [0.29, 0.717) is 6.42 Å². The van der Waals surface area contributed by atoms with Gasteiger partial charge in [-0.2, -0.15) is 0 Å². The molecule has 4 nitrogen and oxygen atoms in total. The lowest BCUT2D eigenvalue weighted by Gasteiger charge is -1.99. The smallest absolute Gasteiger partial charge is 0.305 e. The van der Waals surface area contributed by atoms with E-state index in [2.05, 4.69) is 19.5 Å². The summed E-state index contributed by atoms with van der Waals surface area (Å²) in [5.41, 5.74) is 2.10. The van der Waals surface area contributed by atoms with Gasteiger partial charge in [-0.15, -0.1) is 22.7 Å². The lowest BCUT2D eigenvalue weighted by atomic mass is 10.2. The van der Waals surface area contributed by atoms with Gasteiger partial charge < -0.3 is 4.74 Å². The van der Waals surface area contributed by atoms with Crippen molar-refractivity contribution in [3.8, 4) is 10.6 Å². The van der Waals surface area contributed by atoms with Crippen LogP contribution in [-0.4, -0.2) is 22.5 Å². The van der Waals surface area contributed by atoms with Crippen molar-refractivity contribution in [1.29, 1.82) is 0 Å². The monoisotopic (exact) mass is 340 g/mol. The summed E-state index contributed by atoms with van der Waals surface area (Å²) >= 11 is 9.10. The van der Waals surface area contributed by atoms with E-state index in [9.17, 15) is 4.79 Å². The van der Waals surface area contributed by atoms with Crippen molar-refractivity contribution >= 4 is 45.2 Å². The molecule has 0 fully saturated rings. The lowest BCUT2D eigenvalue weighted by Crippen LogP contribution is -2.01. The van der Waals surface area contributed by atoms with Gasteiger partial charge in [0, 0.05) is 23.7 Å². The Kier molecular flexibility index (Phi) is 4.28. The van der Waals surface area contributed by atoms with E-state index in [1.54, 1.807) is 11.3 Å². The molecular formula is C14H13ClN2O2S2. The molecular weight excluding hydrogens is 328 g/mol. The summed E-state index contributed by atoms with van der Waals surface area (Å²) in [6, 6.07) is 3.86. The highest BCUT2D eigenvalue weighted by Gasteiger charge is 2.11. The van der Waals surface area contributed by atoms with Crippen LogP contribution >= 0.6 is 34.3 Å². The molecule has 0 atom stereocenters. The molecule has 0 aliphatic heterocycles. The number of rotatable bonds is 5. The predicted octanol–water partition coefficient (Wildman–Crippen LogP) is 4.27. The van der Waals surface area contributed by atoms with Crippen LogP contribution in [0.25, 0.3) is 15.5 Å². The van der Waals surface area contributed by atoms with Gasteiger partial charge >= 0.3 is 5.97 Å². The van der Waals surface area contributed by atoms with Crippen molar-refractivity contribution < 1.29 is 9.53 Å². The lowest BCUT2D eigenvalue weighted by molar-refractivity contribution is -0.140. The Balaban J connectivity index is 1.78. The van der Waals surface area contributed by atoms with E-state index in [1.807, 2.05) is 18.3 Å². The number of fused-ring (bicyclic) bond motifs is 1. The van der Waals surface area contributed by atoms with Gasteiger partial charge in [-0.05, 0) is 25.0 Å². The highest BCUT2D eigenvalue weighted by molar-refractivity contribution is 7.19. The zero-order chi connectivity index (χ0) is 14.8. The van der Waals surface area contributed by atoms with Gasteiger partial charge in [0.15, 0.2) is 4.96 Å². The highest BCUT2D eigenvalue weighted by Crippen LogP contribution is 2.31. The van der Waals surface area contributed by atoms with Crippen molar-refractivity contribution in [3.63, 3.8) is 0 Å². The maximum Gasteiger partial charge on any atom is 0.305 e. The van der Waals surface area contributed by atoms with Gasteiger partial charge in [0.25, 0.3) is 0 Å². The first-order valence-electron chi connectivity index (χ1n) is 6.45. The Morgan fingerprint density at radius 3 is 3.05 bits per heavy atom. The Labute approximate surface area is 135 Å². The van der Waals surface area contributed by atoms with Crippen molar-refractivity contribution in [2.75, 3.05) is 7.11 Å². The van der Waals surface area contributed by atoms with E-state index in [1.165, 1.54) is 24.1 Å². The van der Waals surface area contributed by atoms with Crippen molar-refractivity contribution in [2.45, 2.75) is 19.3 Å². The molecule has 3 aromatic rings. The zero-order valence-electron chi connectivity index (χ0n) is 11.3. The first-order chi connectivity index (χ1) is 10.2. The summed E-state index contributed by atoms with van der Waals surface area (Å²) in [5.74, 6) is -0.166. The first kappa shape index (κ1) is 14.6. The number of hydrogen-bond acceptors (Lipinski definition) is 5. The van der Waals surface area contributed by atoms with Crippen LogP contribution in [0.4, 0.5) is 0 Å². The number of methoxy groups -OCH3 is 1. The summed E-state index contributed by atoms with van der Waals surface area (Å²) < 4.78 is 7.51. The number of nitrogens with zero attached hydrogens (tertiary/aromatic N) is 2. The van der Waals surface area contributed by atoms with Gasteiger partial charge in [-0.25, -0.2) is 4.98 Å². The molecule has 0 aliphatic rings. The van der Waals surface area contributed by atoms with Crippen molar-refractivity contribution in [2.24, 2.45) is 0 Å². The van der Waals surface area contributed by atoms with Crippen LogP contribution < -0.4 is 0 Å². The molecule has 0 bridgehead atoms. The number of thiophene rings is 1. The average molecular weight is 341 g/mol. The fraction of sp³-hybridized carbons (Fsp3) is 0.286. The molecule has 21 heavy (non-hydrogen) atoms. The molecule has 7 heteroatoms. The molecule has 0 saturated carbocycles. The number of halogens is 1. The SMILES string of the molecule is COC(=O)CCCc1csc2nc(-c3ccc(Cl)s3)cn12. The summed E-state index contributed by atoms with van der Waals surface area (Å²) in [6.07, 6.45) is 4.07. The van der Waals surface area contributed by atoms with Crippen molar-refractivity contribution in [1.82, 2.24) is 9.38 Å². The summed E-state index contributed by atoms with van der Waals surface area (Å²) in [7, 11) is 1.42. The highest BCUT2D eigenvalue weighted by atomic mass is 35.5. The third kappa shape index (κ3) is 3.12. The Morgan fingerprint density at radius 1 is 1.48 bits per heavy atom. The van der Waals surface area contributed by atoms with E-state index < -0.39 is 0 Å². The second kappa shape index (κ2) is 6.17. The normalized spacial score (nSPS) is 11.1. The summed E-state index contributed by atoms with van der Waals surface area (Å²) in [5, 5.41) is 2.09. The van der Waals surface area contributed by atoms with Gasteiger partial charge in [-0.1, -0.05) is 11.6 Å². The van der Waals surface area contributed by atoms with E-state index in [-0.39, 0.29) is 5.97 Å². The minimum absolute atomic E-state index is 0.166. The second-order valence-electron chi connectivity index (χ2n) is 4.54. The van der Waals surface area contributed by atoms with Crippen LogP contribution in [0.3, 0.4) is 0 Å². The average Bonchev–Trinajstić information content (AvgIpc) is 3.14. The minimum Gasteiger partial charge on any atom is -0.469 e. The molecule has 0 N–H and O–H groups in total. The molecule has 0 saturated heterocycles. The number of hydrogen-bond donors (Lipinski definition) is 0. The molecule has 3 rings (SSSR count). The second-order valence-corrected chi connectivity index (χ2v) is 7.09. The molecule has 0 aliphatic carbocycles.